The summed E-state index contributed by atoms with van der Waals surface area (Å²) >= 11 is 0. The molecule has 1 aliphatic rings. The van der Waals surface area contributed by atoms with Crippen molar-refractivity contribution >= 4 is 11.9 Å². The molecule has 30 heavy (non-hydrogen) atoms. The second kappa shape index (κ2) is 11.1. The molecule has 2 unspecified atom stereocenters. The monoisotopic (exact) mass is 430 g/mol. The van der Waals surface area contributed by atoms with Crippen LogP contribution in [0.25, 0.3) is 0 Å². The van der Waals surface area contributed by atoms with Gasteiger partial charge in [-0.3, -0.25) is 9.79 Å². The summed E-state index contributed by atoms with van der Waals surface area (Å²) in [6.45, 7) is 4.00. The van der Waals surface area contributed by atoms with E-state index in [9.17, 15) is 23.1 Å². The molecule has 0 spiro atoms. The number of halogens is 3. The molecule has 1 saturated heterocycles. The molecular formula is C20H29F3N4O3. The number of aliphatic imine (C=N–C) groups is 1. The number of hydrogen-bond donors (Lipinski definition) is 3. The third-order valence-electron chi connectivity index (χ3n) is 4.72. The third-order valence-corrected chi connectivity index (χ3v) is 4.72. The molecule has 0 bridgehead atoms. The van der Waals surface area contributed by atoms with Crippen molar-refractivity contribution in [3.8, 4) is 5.75 Å². The van der Waals surface area contributed by atoms with Crippen LogP contribution in [0.15, 0.2) is 29.3 Å². The molecule has 4 N–H and O–H groups in total. The highest BCUT2D eigenvalue weighted by molar-refractivity contribution is 5.80. The summed E-state index contributed by atoms with van der Waals surface area (Å²) in [4.78, 5) is 17.7. The highest BCUT2D eigenvalue weighted by atomic mass is 19.4. The van der Waals surface area contributed by atoms with Gasteiger partial charge in [0.05, 0.1) is 12.1 Å². The van der Waals surface area contributed by atoms with Crippen molar-refractivity contribution in [3.63, 3.8) is 0 Å². The van der Waals surface area contributed by atoms with E-state index in [1.165, 1.54) is 12.1 Å². The molecule has 1 fully saturated rings. The van der Waals surface area contributed by atoms with E-state index >= 15 is 0 Å². The second-order valence-electron chi connectivity index (χ2n) is 7.31. The summed E-state index contributed by atoms with van der Waals surface area (Å²) in [5.74, 6) is 0.733. The van der Waals surface area contributed by atoms with Crippen LogP contribution in [0.5, 0.6) is 5.75 Å². The predicted molar refractivity (Wildman–Crippen MR) is 107 cm³/mol. The first-order chi connectivity index (χ1) is 14.2. The number of guanidine groups is 1. The number of rotatable bonds is 8. The summed E-state index contributed by atoms with van der Waals surface area (Å²) in [5, 5.41) is 13.3. The highest BCUT2D eigenvalue weighted by Gasteiger charge is 2.30. The Morgan fingerprint density at radius 1 is 1.40 bits per heavy atom. The average molecular weight is 430 g/mol. The number of nitrogens with one attached hydrogen (secondary N) is 1. The van der Waals surface area contributed by atoms with Gasteiger partial charge in [-0.25, -0.2) is 0 Å². The van der Waals surface area contributed by atoms with Gasteiger partial charge < -0.3 is 25.8 Å². The number of aliphatic hydroxyl groups is 1. The molecule has 10 heteroatoms. The summed E-state index contributed by atoms with van der Waals surface area (Å²) < 4.78 is 43.1. The van der Waals surface area contributed by atoms with E-state index < -0.39 is 17.8 Å². The lowest BCUT2D eigenvalue weighted by Crippen LogP contribution is -2.47. The van der Waals surface area contributed by atoms with Gasteiger partial charge in [-0.1, -0.05) is 0 Å². The molecule has 1 aliphatic heterocycles. The lowest BCUT2D eigenvalue weighted by molar-refractivity contribution is -0.137. The van der Waals surface area contributed by atoms with Gasteiger partial charge in [0.25, 0.3) is 0 Å². The van der Waals surface area contributed by atoms with Crippen LogP contribution in [0.4, 0.5) is 13.2 Å². The molecule has 0 saturated carbocycles. The fraction of sp³-hybridized carbons (Fsp3) is 0.600. The molecule has 2 atom stereocenters. The van der Waals surface area contributed by atoms with Crippen LogP contribution in [-0.2, 0) is 11.0 Å². The molecule has 0 radical (unpaired) electrons. The quantitative estimate of drug-likeness (QED) is 0.433. The van der Waals surface area contributed by atoms with Crippen LogP contribution in [0, 0.1) is 5.92 Å². The average Bonchev–Trinajstić information content (AvgIpc) is 2.69. The van der Waals surface area contributed by atoms with E-state index in [0.717, 1.165) is 31.5 Å². The Kier molecular flexibility index (Phi) is 8.76. The number of carbonyl (C=O) groups excluding carboxylic acids is 1. The standard InChI is InChI=1S/C20H29F3N4O3/c1-2-25-19(27-9-3-4-14(12-27)10-18(24)29)26-11-16(28)13-30-17-7-5-15(6-8-17)20(21,22)23/h5-8,14,16,28H,2-4,9-13H2,1H3,(H2,24,29)(H,25,26). The van der Waals surface area contributed by atoms with E-state index in [0.29, 0.717) is 25.5 Å². The Morgan fingerprint density at radius 2 is 2.10 bits per heavy atom. The molecular weight excluding hydrogens is 401 g/mol. The first-order valence-electron chi connectivity index (χ1n) is 9.98. The predicted octanol–water partition coefficient (Wildman–Crippen LogP) is 2.00. The van der Waals surface area contributed by atoms with E-state index in [-0.39, 0.29) is 30.7 Å². The van der Waals surface area contributed by atoms with Crippen molar-refractivity contribution in [1.82, 2.24) is 10.2 Å². The summed E-state index contributed by atoms with van der Waals surface area (Å²) in [5.41, 5.74) is 4.55. The summed E-state index contributed by atoms with van der Waals surface area (Å²) in [7, 11) is 0. The van der Waals surface area contributed by atoms with Crippen LogP contribution < -0.4 is 15.8 Å². The number of piperidine rings is 1. The second-order valence-corrected chi connectivity index (χ2v) is 7.31. The van der Waals surface area contributed by atoms with Crippen molar-refractivity contribution in [3.05, 3.63) is 29.8 Å². The number of benzene rings is 1. The lowest BCUT2D eigenvalue weighted by Gasteiger charge is -2.34. The molecule has 168 valence electrons. The van der Waals surface area contributed by atoms with Crippen LogP contribution >= 0.6 is 0 Å². The van der Waals surface area contributed by atoms with Gasteiger partial charge in [0.15, 0.2) is 5.96 Å². The van der Waals surface area contributed by atoms with E-state index in [1.807, 2.05) is 11.8 Å². The maximum atomic E-state index is 12.6. The SMILES string of the molecule is CCNC(=NCC(O)COc1ccc(C(F)(F)F)cc1)N1CCCC(CC(N)=O)C1. The minimum Gasteiger partial charge on any atom is -0.491 e. The Hall–Kier alpha value is -2.49. The van der Waals surface area contributed by atoms with Crippen molar-refractivity contribution < 1.29 is 27.8 Å². The van der Waals surface area contributed by atoms with Crippen molar-refractivity contribution in [2.75, 3.05) is 32.8 Å². The van der Waals surface area contributed by atoms with Gasteiger partial charge in [0, 0.05) is 26.1 Å². The van der Waals surface area contributed by atoms with Gasteiger partial charge in [0.1, 0.15) is 18.5 Å². The zero-order valence-corrected chi connectivity index (χ0v) is 17.0. The van der Waals surface area contributed by atoms with Crippen LogP contribution in [-0.4, -0.2) is 60.8 Å². The van der Waals surface area contributed by atoms with Crippen molar-refractivity contribution in [2.24, 2.45) is 16.6 Å². The number of nitrogens with two attached hydrogens (primary N) is 1. The van der Waals surface area contributed by atoms with E-state index in [2.05, 4.69) is 10.3 Å². The number of nitrogens with zero attached hydrogens (tertiary/aromatic N) is 2. The maximum absolute atomic E-state index is 12.6. The van der Waals surface area contributed by atoms with E-state index in [4.69, 9.17) is 10.5 Å². The number of amides is 1. The first-order valence-corrected chi connectivity index (χ1v) is 9.98. The normalized spacial score (nSPS) is 18.8. The van der Waals surface area contributed by atoms with Gasteiger partial charge in [-0.05, 0) is 49.9 Å². The van der Waals surface area contributed by atoms with Crippen LogP contribution in [0.1, 0.15) is 31.7 Å². The fourth-order valence-corrected chi connectivity index (χ4v) is 3.31. The molecule has 1 amide bonds. The van der Waals surface area contributed by atoms with E-state index in [1.54, 1.807) is 0 Å². The number of aliphatic hydroxyl groups excluding tert-OH is 1. The molecule has 1 heterocycles. The van der Waals surface area contributed by atoms with Crippen molar-refractivity contribution in [2.45, 2.75) is 38.5 Å². The lowest BCUT2D eigenvalue weighted by atomic mass is 9.95. The molecule has 0 aromatic heterocycles. The van der Waals surface area contributed by atoms with Gasteiger partial charge >= 0.3 is 6.18 Å². The van der Waals surface area contributed by atoms with Gasteiger partial charge in [-0.15, -0.1) is 0 Å². The Morgan fingerprint density at radius 3 is 2.70 bits per heavy atom. The largest absolute Gasteiger partial charge is 0.491 e. The fourth-order valence-electron chi connectivity index (χ4n) is 3.31. The van der Waals surface area contributed by atoms with Gasteiger partial charge in [0.2, 0.25) is 5.91 Å². The smallest absolute Gasteiger partial charge is 0.416 e. The third kappa shape index (κ3) is 7.74. The first kappa shape index (κ1) is 23.8. The van der Waals surface area contributed by atoms with Crippen molar-refractivity contribution in [1.29, 1.82) is 0 Å². The number of primary amides is 1. The number of ether oxygens (including phenoxy) is 1. The zero-order valence-electron chi connectivity index (χ0n) is 17.0. The number of alkyl halides is 3. The Labute approximate surface area is 174 Å². The molecule has 1 aromatic carbocycles. The number of hydrogen-bond acceptors (Lipinski definition) is 4. The molecule has 2 rings (SSSR count). The van der Waals surface area contributed by atoms with Crippen LogP contribution in [0.3, 0.4) is 0 Å². The summed E-state index contributed by atoms with van der Waals surface area (Å²) in [6.07, 6.45) is -3.14. The van der Waals surface area contributed by atoms with Gasteiger partial charge in [-0.2, -0.15) is 13.2 Å². The number of likely N-dealkylation sites (tertiary alicyclic amines) is 1. The highest BCUT2D eigenvalue weighted by Crippen LogP contribution is 2.30. The number of carbonyl (C=O) groups is 1. The Balaban J connectivity index is 1.88. The van der Waals surface area contributed by atoms with Crippen LogP contribution in [0.2, 0.25) is 0 Å². The topological polar surface area (TPSA) is 100 Å². The minimum atomic E-state index is -4.40. The minimum absolute atomic E-state index is 0.0694. The summed E-state index contributed by atoms with van der Waals surface area (Å²) in [6, 6.07) is 4.30. The maximum Gasteiger partial charge on any atom is 0.416 e. The molecule has 1 aromatic rings. The zero-order chi connectivity index (χ0) is 22.1. The molecule has 7 nitrogen and oxygen atoms in total. The Bertz CT molecular complexity index is 710. The molecule has 0 aliphatic carbocycles.